The molecule has 2 aliphatic rings. The molecule has 3 atom stereocenters. The van der Waals surface area contributed by atoms with Gasteiger partial charge in [0.05, 0.1) is 31.2 Å². The molecule has 45 heavy (non-hydrogen) atoms. The number of aliphatic hydroxyl groups excluding tert-OH is 1. The molecule has 7 nitrogen and oxygen atoms in total. The molecule has 3 rings (SSSR count). The first-order valence-corrected chi connectivity index (χ1v) is 17.8. The summed E-state index contributed by atoms with van der Waals surface area (Å²) < 4.78 is 46.0. The molecule has 1 heterocycles. The van der Waals surface area contributed by atoms with E-state index in [1.807, 2.05) is 34.6 Å². The number of allylic oxidation sites excluding steroid dienone is 6. The van der Waals surface area contributed by atoms with Gasteiger partial charge in [-0.2, -0.15) is 4.31 Å². The number of methoxy groups -OCH3 is 1. The number of nitrogens with zero attached hydrogens (tertiary/aromatic N) is 2. The van der Waals surface area contributed by atoms with Crippen molar-refractivity contribution in [2.75, 3.05) is 26.0 Å². The zero-order valence-electron chi connectivity index (χ0n) is 29.2. The van der Waals surface area contributed by atoms with Gasteiger partial charge in [-0.05, 0) is 75.0 Å². The second-order valence-electron chi connectivity index (χ2n) is 11.1. The number of carbonyl (C=O) groups is 1. The lowest BCUT2D eigenvalue weighted by Gasteiger charge is -2.38. The van der Waals surface area contributed by atoms with Crippen LogP contribution in [0.2, 0.25) is 0 Å². The van der Waals surface area contributed by atoms with Gasteiger partial charge in [0.15, 0.2) is 0 Å². The Balaban J connectivity index is 0.00000192. The van der Waals surface area contributed by atoms with E-state index in [0.29, 0.717) is 19.4 Å². The number of fused-ring (bicyclic) bond motifs is 2. The molecule has 3 unspecified atom stereocenters. The van der Waals surface area contributed by atoms with Crippen LogP contribution in [0.5, 0.6) is 0 Å². The van der Waals surface area contributed by atoms with Gasteiger partial charge in [-0.15, -0.1) is 0 Å². The highest BCUT2D eigenvalue weighted by molar-refractivity contribution is 7.89. The lowest BCUT2D eigenvalue weighted by Crippen LogP contribution is -2.44. The van der Waals surface area contributed by atoms with Crippen molar-refractivity contribution >= 4 is 27.8 Å². The second-order valence-corrected chi connectivity index (χ2v) is 13.2. The molecule has 1 saturated carbocycles. The third-order valence-electron chi connectivity index (χ3n) is 7.80. The molecule has 9 heteroatoms. The van der Waals surface area contributed by atoms with Crippen LogP contribution in [0.1, 0.15) is 98.8 Å². The van der Waals surface area contributed by atoms with Gasteiger partial charge in [-0.3, -0.25) is 4.79 Å². The number of aromatic nitrogens is 1. The number of rotatable bonds is 13. The summed E-state index contributed by atoms with van der Waals surface area (Å²) in [5, 5.41) is 10.1. The van der Waals surface area contributed by atoms with E-state index >= 15 is 0 Å². The standard InChI is InChI=1S/C28H40N2O5S.C4H7F.2C2H6/c1-21(2)30-15-14-23-18-28(4)24(17-26(23)30)12-13-25(28)20-29(19-22(3)31)36(33,34)16-10-8-6-7-9-11-27(32)35-5;1-3-4(2)5;2*1-2/h6-9,14-15,17,22,25,31H,1,10-13,16,18-20H2,2-5H3;2-3H2,1H3;2*1-2H3/b8-6-,9-7-;;;. The average Bonchev–Trinajstić information content (AvgIpc) is 3.56. The van der Waals surface area contributed by atoms with E-state index in [-0.39, 0.29) is 41.8 Å². The van der Waals surface area contributed by atoms with E-state index < -0.39 is 16.1 Å². The van der Waals surface area contributed by atoms with Crippen molar-refractivity contribution in [3.8, 4) is 0 Å². The Morgan fingerprint density at radius 1 is 1.24 bits per heavy atom. The molecule has 0 amide bonds. The molecule has 256 valence electrons. The highest BCUT2D eigenvalue weighted by Gasteiger charge is 2.46. The molecule has 0 spiro atoms. The fourth-order valence-electron chi connectivity index (χ4n) is 5.36. The van der Waals surface area contributed by atoms with Gasteiger partial charge in [0.1, 0.15) is 0 Å². The Bertz CT molecular complexity index is 1280. The van der Waals surface area contributed by atoms with E-state index in [9.17, 15) is 22.7 Å². The summed E-state index contributed by atoms with van der Waals surface area (Å²) in [6.07, 6.45) is 14.2. The molecule has 0 saturated heterocycles. The zero-order valence-corrected chi connectivity index (χ0v) is 30.1. The summed E-state index contributed by atoms with van der Waals surface area (Å²) in [7, 11) is -2.22. The van der Waals surface area contributed by atoms with Crippen LogP contribution in [0.3, 0.4) is 0 Å². The predicted molar refractivity (Wildman–Crippen MR) is 188 cm³/mol. The van der Waals surface area contributed by atoms with Crippen LogP contribution >= 0.6 is 0 Å². The molecule has 0 aliphatic heterocycles. The van der Waals surface area contributed by atoms with Crippen molar-refractivity contribution in [3.05, 3.63) is 72.4 Å². The van der Waals surface area contributed by atoms with Gasteiger partial charge >= 0.3 is 5.97 Å². The number of hydrogen-bond donors (Lipinski definition) is 1. The highest BCUT2D eigenvalue weighted by atomic mass is 32.2. The van der Waals surface area contributed by atoms with E-state index in [1.165, 1.54) is 28.2 Å². The first kappa shape index (κ1) is 42.2. The molecular weight excluding hydrogens is 591 g/mol. The molecule has 1 aromatic rings. The van der Waals surface area contributed by atoms with Gasteiger partial charge < -0.3 is 14.4 Å². The summed E-state index contributed by atoms with van der Waals surface area (Å²) in [5.74, 6) is -0.420. The summed E-state index contributed by atoms with van der Waals surface area (Å²) in [6.45, 7) is 23.2. The Morgan fingerprint density at radius 2 is 1.84 bits per heavy atom. The van der Waals surface area contributed by atoms with Gasteiger partial charge in [0.2, 0.25) is 10.0 Å². The number of ether oxygens (including phenoxy) is 1. The van der Waals surface area contributed by atoms with Gasteiger partial charge in [0.25, 0.3) is 0 Å². The molecule has 0 bridgehead atoms. The van der Waals surface area contributed by atoms with Crippen molar-refractivity contribution in [3.63, 3.8) is 0 Å². The first-order valence-electron chi connectivity index (χ1n) is 16.2. The monoisotopic (exact) mass is 650 g/mol. The maximum Gasteiger partial charge on any atom is 0.309 e. The third kappa shape index (κ3) is 13.3. The fraction of sp³-hybridized carbons (Fsp3) is 0.583. The smallest absolute Gasteiger partial charge is 0.309 e. The van der Waals surface area contributed by atoms with E-state index in [0.717, 1.165) is 25.0 Å². The lowest BCUT2D eigenvalue weighted by atomic mass is 9.70. The quantitative estimate of drug-likeness (QED) is 0.171. The zero-order chi connectivity index (χ0) is 34.8. The first-order chi connectivity index (χ1) is 21.2. The molecular formula is C36H59FN2O5S. The SMILES string of the molecule is C=C(C)n1ccc2c1C=C1CCC(CN(CC(C)O)S(=O)(=O)CC/C=C\C=C/CC(=O)OC)C1(C)C2.C=C(F)CC.CC.CC. The van der Waals surface area contributed by atoms with Crippen LogP contribution < -0.4 is 0 Å². The number of hydrogen-bond acceptors (Lipinski definition) is 5. The van der Waals surface area contributed by atoms with Gasteiger partial charge in [0, 0.05) is 30.7 Å². The van der Waals surface area contributed by atoms with Crippen molar-refractivity contribution in [2.24, 2.45) is 11.3 Å². The summed E-state index contributed by atoms with van der Waals surface area (Å²) >= 11 is 0. The van der Waals surface area contributed by atoms with Crippen molar-refractivity contribution in [1.82, 2.24) is 8.87 Å². The minimum atomic E-state index is -3.56. The van der Waals surface area contributed by atoms with Gasteiger partial charge in [-0.25, -0.2) is 12.8 Å². The summed E-state index contributed by atoms with van der Waals surface area (Å²) in [6, 6.07) is 2.15. The number of sulfonamides is 1. The van der Waals surface area contributed by atoms with E-state index in [1.54, 1.807) is 38.2 Å². The molecule has 0 aromatic carbocycles. The topological polar surface area (TPSA) is 88.8 Å². The summed E-state index contributed by atoms with van der Waals surface area (Å²) in [4.78, 5) is 11.1. The normalized spacial score (nSPS) is 19.2. The van der Waals surface area contributed by atoms with Crippen LogP contribution in [-0.2, 0) is 26.0 Å². The number of aliphatic hydroxyl groups is 1. The molecule has 1 N–H and O–H groups in total. The molecule has 2 aliphatic carbocycles. The van der Waals surface area contributed by atoms with E-state index in [4.69, 9.17) is 0 Å². The Labute approximate surface area is 273 Å². The van der Waals surface area contributed by atoms with Crippen molar-refractivity contribution < 1.29 is 27.4 Å². The lowest BCUT2D eigenvalue weighted by molar-refractivity contribution is -0.139. The molecule has 1 fully saturated rings. The largest absolute Gasteiger partial charge is 0.469 e. The Morgan fingerprint density at radius 3 is 2.38 bits per heavy atom. The Hall–Kier alpha value is -2.75. The number of carbonyl (C=O) groups excluding carboxylic acids is 1. The fourth-order valence-corrected chi connectivity index (χ4v) is 6.91. The molecule has 0 radical (unpaired) electrons. The minimum absolute atomic E-state index is 0.0290. The van der Waals surface area contributed by atoms with E-state index in [2.05, 4.69) is 47.7 Å². The van der Waals surface area contributed by atoms with Crippen LogP contribution in [0.25, 0.3) is 11.8 Å². The molecule has 1 aromatic heterocycles. The minimum Gasteiger partial charge on any atom is -0.469 e. The second kappa shape index (κ2) is 21.1. The van der Waals surface area contributed by atoms with Crippen LogP contribution in [-0.4, -0.2) is 60.4 Å². The predicted octanol–water partition coefficient (Wildman–Crippen LogP) is 8.34. The van der Waals surface area contributed by atoms with Crippen molar-refractivity contribution in [1.29, 1.82) is 0 Å². The van der Waals surface area contributed by atoms with Crippen LogP contribution in [0.4, 0.5) is 4.39 Å². The van der Waals surface area contributed by atoms with Crippen LogP contribution in [0.15, 0.2) is 61.1 Å². The van der Waals surface area contributed by atoms with Crippen molar-refractivity contribution in [2.45, 2.75) is 100 Å². The third-order valence-corrected chi connectivity index (χ3v) is 9.63. The summed E-state index contributed by atoms with van der Waals surface area (Å²) in [5.41, 5.74) is 4.71. The van der Waals surface area contributed by atoms with Gasteiger partial charge in [-0.1, -0.05) is 84.6 Å². The number of halogens is 1. The number of esters is 1. The van der Waals surface area contributed by atoms with Crippen LogP contribution in [0, 0.1) is 11.3 Å². The average molecular weight is 651 g/mol. The highest BCUT2D eigenvalue weighted by Crippen LogP contribution is 2.53. The Kier molecular flexibility index (Phi) is 19.8. The maximum atomic E-state index is 13.3. The maximum absolute atomic E-state index is 13.3.